The average Bonchev–Trinajstić information content (AvgIpc) is 2.18. The molecular weight excluding hydrogens is 176 g/mol. The summed E-state index contributed by atoms with van der Waals surface area (Å²) in [6.45, 7) is 4.35. The highest BCUT2D eigenvalue weighted by molar-refractivity contribution is 4.90. The van der Waals surface area contributed by atoms with E-state index in [-0.39, 0.29) is 18.1 Å². The van der Waals surface area contributed by atoms with E-state index in [4.69, 9.17) is 5.11 Å². The quantitative estimate of drug-likeness (QED) is 0.731. The van der Waals surface area contributed by atoms with E-state index in [1.165, 1.54) is 19.3 Å². The van der Waals surface area contributed by atoms with Crippen LogP contribution in [-0.4, -0.2) is 22.9 Å². The maximum atomic E-state index is 10.2. The van der Waals surface area contributed by atoms with E-state index in [2.05, 4.69) is 13.8 Å². The number of aliphatic hydroxyl groups excluding tert-OH is 2. The van der Waals surface area contributed by atoms with E-state index in [9.17, 15) is 5.11 Å². The second-order valence-corrected chi connectivity index (χ2v) is 5.09. The van der Waals surface area contributed by atoms with Gasteiger partial charge in [-0.25, -0.2) is 0 Å². The van der Waals surface area contributed by atoms with Crippen molar-refractivity contribution in [1.82, 2.24) is 0 Å². The largest absolute Gasteiger partial charge is 0.396 e. The molecule has 14 heavy (non-hydrogen) atoms. The molecule has 1 atom stereocenters. The molecule has 0 spiro atoms. The van der Waals surface area contributed by atoms with Gasteiger partial charge in [0.25, 0.3) is 0 Å². The van der Waals surface area contributed by atoms with Crippen LogP contribution in [-0.2, 0) is 0 Å². The predicted octanol–water partition coefficient (Wildman–Crippen LogP) is 2.34. The van der Waals surface area contributed by atoms with Crippen LogP contribution in [0.2, 0.25) is 0 Å². The van der Waals surface area contributed by atoms with Gasteiger partial charge in [-0.2, -0.15) is 0 Å². The van der Waals surface area contributed by atoms with Crippen molar-refractivity contribution in [2.75, 3.05) is 6.61 Å². The molecule has 1 rings (SSSR count). The summed E-state index contributed by atoms with van der Waals surface area (Å²) in [7, 11) is 0. The van der Waals surface area contributed by atoms with Crippen molar-refractivity contribution in [3.63, 3.8) is 0 Å². The van der Waals surface area contributed by atoms with Gasteiger partial charge in [-0.15, -0.1) is 0 Å². The van der Waals surface area contributed by atoms with Gasteiger partial charge in [0.05, 0.1) is 6.10 Å². The third-order valence-electron chi connectivity index (χ3n) is 3.72. The minimum atomic E-state index is -0.241. The lowest BCUT2D eigenvalue weighted by atomic mass is 9.66. The fourth-order valence-corrected chi connectivity index (χ4v) is 2.88. The first-order valence-electron chi connectivity index (χ1n) is 5.91. The Hall–Kier alpha value is -0.0800. The lowest BCUT2D eigenvalue weighted by molar-refractivity contribution is -0.0468. The number of rotatable bonds is 4. The lowest BCUT2D eigenvalue weighted by Crippen LogP contribution is -2.41. The van der Waals surface area contributed by atoms with Gasteiger partial charge in [0, 0.05) is 6.61 Å². The summed E-state index contributed by atoms with van der Waals surface area (Å²) in [6, 6.07) is 0. The zero-order chi connectivity index (χ0) is 10.6. The highest BCUT2D eigenvalue weighted by Crippen LogP contribution is 2.44. The van der Waals surface area contributed by atoms with Crippen LogP contribution >= 0.6 is 0 Å². The highest BCUT2D eigenvalue weighted by Gasteiger charge is 2.39. The van der Waals surface area contributed by atoms with Crippen molar-refractivity contribution in [2.24, 2.45) is 11.3 Å². The third-order valence-corrected chi connectivity index (χ3v) is 3.72. The normalized spacial score (nSPS) is 23.8. The molecule has 0 amide bonds. The fraction of sp³-hybridized carbons (Fsp3) is 1.00. The molecule has 0 aliphatic heterocycles. The molecule has 84 valence electrons. The maximum absolute atomic E-state index is 10.2. The van der Waals surface area contributed by atoms with E-state index < -0.39 is 0 Å². The predicted molar refractivity (Wildman–Crippen MR) is 58.1 cm³/mol. The Morgan fingerprint density at radius 2 is 1.71 bits per heavy atom. The molecule has 1 aliphatic rings. The molecule has 0 radical (unpaired) electrons. The zero-order valence-corrected chi connectivity index (χ0v) is 9.50. The second kappa shape index (κ2) is 5.13. The van der Waals surface area contributed by atoms with Gasteiger partial charge < -0.3 is 10.2 Å². The molecule has 0 bridgehead atoms. The van der Waals surface area contributed by atoms with Crippen molar-refractivity contribution >= 4 is 0 Å². The Bertz CT molecular complexity index is 154. The van der Waals surface area contributed by atoms with Gasteiger partial charge >= 0.3 is 0 Å². The Morgan fingerprint density at radius 1 is 1.14 bits per heavy atom. The van der Waals surface area contributed by atoms with Crippen LogP contribution in [0.5, 0.6) is 0 Å². The molecule has 2 N–H and O–H groups in total. The van der Waals surface area contributed by atoms with Crippen LogP contribution in [0.25, 0.3) is 0 Å². The topological polar surface area (TPSA) is 40.5 Å². The summed E-state index contributed by atoms with van der Waals surface area (Å²) in [5.74, 6) is 0.305. The molecule has 0 saturated heterocycles. The van der Waals surface area contributed by atoms with Gasteiger partial charge in [-0.05, 0) is 30.6 Å². The van der Waals surface area contributed by atoms with E-state index in [0.29, 0.717) is 5.92 Å². The van der Waals surface area contributed by atoms with E-state index in [0.717, 1.165) is 19.3 Å². The summed E-state index contributed by atoms with van der Waals surface area (Å²) in [4.78, 5) is 0. The average molecular weight is 200 g/mol. The van der Waals surface area contributed by atoms with Gasteiger partial charge in [0.2, 0.25) is 0 Å². The molecule has 1 fully saturated rings. The van der Waals surface area contributed by atoms with E-state index in [1.807, 2.05) is 0 Å². The van der Waals surface area contributed by atoms with Crippen molar-refractivity contribution in [3.8, 4) is 0 Å². The first-order chi connectivity index (χ1) is 6.62. The lowest BCUT2D eigenvalue weighted by Gasteiger charge is -2.42. The summed E-state index contributed by atoms with van der Waals surface area (Å²) < 4.78 is 0. The molecule has 0 aromatic heterocycles. The third kappa shape index (κ3) is 2.48. The molecule has 1 aliphatic carbocycles. The second-order valence-electron chi connectivity index (χ2n) is 5.09. The van der Waals surface area contributed by atoms with Crippen molar-refractivity contribution in [1.29, 1.82) is 0 Å². The Kier molecular flexibility index (Phi) is 4.39. The molecule has 2 heteroatoms. The van der Waals surface area contributed by atoms with Gasteiger partial charge in [0.15, 0.2) is 0 Å². The number of aliphatic hydroxyl groups is 2. The molecule has 0 aromatic carbocycles. The standard InChI is InChI=1S/C12H24O2/c1-10(2)11(14)12(8-9-13)6-4-3-5-7-12/h10-11,13-14H,3-9H2,1-2H3/t11-/m1/s1. The van der Waals surface area contributed by atoms with Gasteiger partial charge in [0.1, 0.15) is 0 Å². The molecular formula is C12H24O2. The summed E-state index contributed by atoms with van der Waals surface area (Å²) in [6.07, 6.45) is 6.42. The summed E-state index contributed by atoms with van der Waals surface area (Å²) >= 11 is 0. The summed E-state index contributed by atoms with van der Waals surface area (Å²) in [5.41, 5.74) is 0.0150. The van der Waals surface area contributed by atoms with Crippen LogP contribution in [0.1, 0.15) is 52.4 Å². The maximum Gasteiger partial charge on any atom is 0.0620 e. The van der Waals surface area contributed by atoms with Crippen molar-refractivity contribution in [2.45, 2.75) is 58.5 Å². The molecule has 1 saturated carbocycles. The van der Waals surface area contributed by atoms with Crippen molar-refractivity contribution < 1.29 is 10.2 Å². The molecule has 2 nitrogen and oxygen atoms in total. The van der Waals surface area contributed by atoms with Crippen LogP contribution in [0.15, 0.2) is 0 Å². The molecule has 0 unspecified atom stereocenters. The first kappa shape index (κ1) is 12.0. The minimum absolute atomic E-state index is 0.0150. The van der Waals surface area contributed by atoms with Crippen LogP contribution < -0.4 is 0 Å². The Labute approximate surface area is 87.3 Å². The van der Waals surface area contributed by atoms with Crippen LogP contribution in [0.3, 0.4) is 0 Å². The number of hydrogen-bond acceptors (Lipinski definition) is 2. The smallest absolute Gasteiger partial charge is 0.0620 e. The van der Waals surface area contributed by atoms with Crippen LogP contribution in [0, 0.1) is 11.3 Å². The van der Waals surface area contributed by atoms with E-state index in [1.54, 1.807) is 0 Å². The van der Waals surface area contributed by atoms with Crippen molar-refractivity contribution in [3.05, 3.63) is 0 Å². The van der Waals surface area contributed by atoms with Gasteiger partial charge in [-0.1, -0.05) is 33.1 Å². The fourth-order valence-electron chi connectivity index (χ4n) is 2.88. The minimum Gasteiger partial charge on any atom is -0.396 e. The Morgan fingerprint density at radius 3 is 2.14 bits per heavy atom. The Balaban J connectivity index is 2.68. The molecule has 0 aromatic rings. The highest BCUT2D eigenvalue weighted by atomic mass is 16.3. The molecule has 0 heterocycles. The van der Waals surface area contributed by atoms with E-state index >= 15 is 0 Å². The number of hydrogen-bond donors (Lipinski definition) is 2. The summed E-state index contributed by atoms with van der Waals surface area (Å²) in [5, 5.41) is 19.3. The van der Waals surface area contributed by atoms with Crippen LogP contribution in [0.4, 0.5) is 0 Å². The first-order valence-corrected chi connectivity index (χ1v) is 5.91. The van der Waals surface area contributed by atoms with Gasteiger partial charge in [-0.3, -0.25) is 0 Å². The monoisotopic (exact) mass is 200 g/mol. The SMILES string of the molecule is CC(C)[C@@H](O)C1(CCO)CCCCC1. The zero-order valence-electron chi connectivity index (χ0n) is 9.50.